The molecule has 0 bridgehead atoms. The Hall–Kier alpha value is -0.570. The summed E-state index contributed by atoms with van der Waals surface area (Å²) in [6.07, 6.45) is 1.26. The first-order valence-electron chi connectivity index (χ1n) is 6.81. The van der Waals surface area contributed by atoms with Crippen molar-refractivity contribution in [2.45, 2.75) is 26.3 Å². The van der Waals surface area contributed by atoms with Gasteiger partial charge in [-0.25, -0.2) is 0 Å². The molecule has 1 heterocycles. The van der Waals surface area contributed by atoms with E-state index in [1.54, 1.807) is 0 Å². The minimum atomic E-state index is 0.304. The van der Waals surface area contributed by atoms with Gasteiger partial charge in [0.05, 0.1) is 0 Å². The quantitative estimate of drug-likeness (QED) is 0.909. The number of piperidine rings is 1. The first kappa shape index (κ1) is 13.9. The standard InChI is InChI=1S/C15H23ClN2/c1-11-6-7-18(10-12(11)2)15(9-17)13-4-3-5-14(16)8-13/h3-5,8,11-12,15H,6-7,9-10,17H2,1-2H3. The highest BCUT2D eigenvalue weighted by Gasteiger charge is 2.27. The summed E-state index contributed by atoms with van der Waals surface area (Å²) in [6, 6.07) is 8.41. The smallest absolute Gasteiger partial charge is 0.0471 e. The Labute approximate surface area is 115 Å². The van der Waals surface area contributed by atoms with Crippen molar-refractivity contribution in [3.8, 4) is 0 Å². The van der Waals surface area contributed by atoms with E-state index in [2.05, 4.69) is 24.8 Å². The lowest BCUT2D eigenvalue weighted by Crippen LogP contribution is -2.43. The summed E-state index contributed by atoms with van der Waals surface area (Å²) in [7, 11) is 0. The summed E-state index contributed by atoms with van der Waals surface area (Å²) in [5.41, 5.74) is 7.22. The highest BCUT2D eigenvalue weighted by Crippen LogP contribution is 2.30. The molecule has 0 saturated carbocycles. The number of hydrogen-bond donors (Lipinski definition) is 1. The largest absolute Gasteiger partial charge is 0.329 e. The molecular formula is C15H23ClN2. The summed E-state index contributed by atoms with van der Waals surface area (Å²) < 4.78 is 0. The second-order valence-electron chi connectivity index (χ2n) is 5.54. The second kappa shape index (κ2) is 6.05. The van der Waals surface area contributed by atoms with Crippen LogP contribution in [0.1, 0.15) is 31.9 Å². The lowest BCUT2D eigenvalue weighted by atomic mass is 9.87. The van der Waals surface area contributed by atoms with Crippen LogP contribution in [0.5, 0.6) is 0 Å². The lowest BCUT2D eigenvalue weighted by Gasteiger charge is -2.40. The van der Waals surface area contributed by atoms with Gasteiger partial charge in [-0.2, -0.15) is 0 Å². The number of hydrogen-bond acceptors (Lipinski definition) is 2. The number of likely N-dealkylation sites (tertiary alicyclic amines) is 1. The molecule has 1 fully saturated rings. The van der Waals surface area contributed by atoms with Gasteiger partial charge in [-0.1, -0.05) is 37.6 Å². The molecule has 1 aromatic carbocycles. The molecule has 100 valence electrons. The minimum absolute atomic E-state index is 0.304. The van der Waals surface area contributed by atoms with Crippen LogP contribution in [0, 0.1) is 11.8 Å². The van der Waals surface area contributed by atoms with Gasteiger partial charge in [0.25, 0.3) is 0 Å². The number of nitrogens with two attached hydrogens (primary N) is 1. The minimum Gasteiger partial charge on any atom is -0.329 e. The Morgan fingerprint density at radius 3 is 2.78 bits per heavy atom. The van der Waals surface area contributed by atoms with Gasteiger partial charge in [0, 0.05) is 24.2 Å². The number of halogens is 1. The van der Waals surface area contributed by atoms with Crippen LogP contribution in [0.25, 0.3) is 0 Å². The topological polar surface area (TPSA) is 29.3 Å². The van der Waals surface area contributed by atoms with Gasteiger partial charge in [0.15, 0.2) is 0 Å². The molecule has 0 spiro atoms. The molecule has 0 aliphatic carbocycles. The zero-order valence-electron chi connectivity index (χ0n) is 11.3. The van der Waals surface area contributed by atoms with Gasteiger partial charge >= 0.3 is 0 Å². The van der Waals surface area contributed by atoms with Crippen molar-refractivity contribution >= 4 is 11.6 Å². The molecule has 2 nitrogen and oxygen atoms in total. The maximum absolute atomic E-state index is 6.08. The zero-order valence-corrected chi connectivity index (χ0v) is 12.0. The fourth-order valence-electron chi connectivity index (χ4n) is 2.79. The summed E-state index contributed by atoms with van der Waals surface area (Å²) >= 11 is 6.08. The Kier molecular flexibility index (Phi) is 4.66. The van der Waals surface area contributed by atoms with Gasteiger partial charge in [-0.05, 0) is 42.5 Å². The van der Waals surface area contributed by atoms with E-state index >= 15 is 0 Å². The van der Waals surface area contributed by atoms with Crippen LogP contribution in [0.3, 0.4) is 0 Å². The van der Waals surface area contributed by atoms with Crippen LogP contribution in [0.4, 0.5) is 0 Å². The average Bonchev–Trinajstić information content (AvgIpc) is 2.35. The summed E-state index contributed by atoms with van der Waals surface area (Å²) in [5.74, 6) is 1.56. The van der Waals surface area contributed by atoms with Crippen molar-refractivity contribution in [2.75, 3.05) is 19.6 Å². The van der Waals surface area contributed by atoms with E-state index in [1.807, 2.05) is 18.2 Å². The molecule has 3 atom stereocenters. The maximum atomic E-state index is 6.08. The van der Waals surface area contributed by atoms with Crippen LogP contribution in [0.2, 0.25) is 5.02 Å². The molecule has 2 rings (SSSR count). The molecular weight excluding hydrogens is 244 g/mol. The number of rotatable bonds is 3. The van der Waals surface area contributed by atoms with Gasteiger partial charge in [-0.3, -0.25) is 4.90 Å². The predicted molar refractivity (Wildman–Crippen MR) is 77.8 cm³/mol. The highest BCUT2D eigenvalue weighted by molar-refractivity contribution is 6.30. The zero-order chi connectivity index (χ0) is 13.1. The third-order valence-corrected chi connectivity index (χ3v) is 4.50. The summed E-state index contributed by atoms with van der Waals surface area (Å²) in [6.45, 7) is 7.61. The molecule has 1 aliphatic heterocycles. The van der Waals surface area contributed by atoms with Crippen molar-refractivity contribution in [2.24, 2.45) is 17.6 Å². The predicted octanol–water partition coefficient (Wildman–Crippen LogP) is 3.32. The van der Waals surface area contributed by atoms with E-state index in [9.17, 15) is 0 Å². The first-order chi connectivity index (χ1) is 8.61. The Balaban J connectivity index is 2.14. The average molecular weight is 267 g/mol. The van der Waals surface area contributed by atoms with E-state index in [0.717, 1.165) is 29.9 Å². The van der Waals surface area contributed by atoms with Crippen molar-refractivity contribution in [3.63, 3.8) is 0 Å². The molecule has 1 aliphatic rings. The van der Waals surface area contributed by atoms with Crippen LogP contribution >= 0.6 is 11.6 Å². The molecule has 2 N–H and O–H groups in total. The van der Waals surface area contributed by atoms with Gasteiger partial charge in [0.2, 0.25) is 0 Å². The number of benzene rings is 1. The molecule has 1 aromatic rings. The van der Waals surface area contributed by atoms with E-state index in [-0.39, 0.29) is 0 Å². The molecule has 0 amide bonds. The fourth-order valence-corrected chi connectivity index (χ4v) is 2.99. The Morgan fingerprint density at radius 2 is 2.17 bits per heavy atom. The Morgan fingerprint density at radius 1 is 1.39 bits per heavy atom. The van der Waals surface area contributed by atoms with Crippen molar-refractivity contribution in [1.29, 1.82) is 0 Å². The fraction of sp³-hybridized carbons (Fsp3) is 0.600. The van der Waals surface area contributed by atoms with Crippen molar-refractivity contribution in [3.05, 3.63) is 34.9 Å². The SMILES string of the molecule is CC1CCN(C(CN)c2cccc(Cl)c2)CC1C. The first-order valence-corrected chi connectivity index (χ1v) is 7.19. The van der Waals surface area contributed by atoms with Gasteiger partial charge in [0.1, 0.15) is 0 Å². The van der Waals surface area contributed by atoms with Crippen LogP contribution in [-0.2, 0) is 0 Å². The van der Waals surface area contributed by atoms with Crippen LogP contribution in [-0.4, -0.2) is 24.5 Å². The summed E-state index contributed by atoms with van der Waals surface area (Å²) in [4.78, 5) is 2.51. The van der Waals surface area contributed by atoms with Crippen LogP contribution in [0.15, 0.2) is 24.3 Å². The summed E-state index contributed by atoms with van der Waals surface area (Å²) in [5, 5.41) is 0.796. The van der Waals surface area contributed by atoms with E-state index in [4.69, 9.17) is 17.3 Å². The molecule has 1 saturated heterocycles. The molecule has 0 radical (unpaired) electrons. The maximum Gasteiger partial charge on any atom is 0.0471 e. The van der Waals surface area contributed by atoms with Crippen molar-refractivity contribution < 1.29 is 0 Å². The second-order valence-corrected chi connectivity index (χ2v) is 5.98. The number of nitrogens with zero attached hydrogens (tertiary/aromatic N) is 1. The van der Waals surface area contributed by atoms with Crippen LogP contribution < -0.4 is 5.73 Å². The molecule has 3 heteroatoms. The normalized spacial score (nSPS) is 27.1. The lowest BCUT2D eigenvalue weighted by molar-refractivity contribution is 0.0983. The highest BCUT2D eigenvalue weighted by atomic mass is 35.5. The third-order valence-electron chi connectivity index (χ3n) is 4.26. The Bertz CT molecular complexity index is 394. The van der Waals surface area contributed by atoms with E-state index in [0.29, 0.717) is 12.6 Å². The van der Waals surface area contributed by atoms with E-state index in [1.165, 1.54) is 12.0 Å². The van der Waals surface area contributed by atoms with Gasteiger partial charge in [-0.15, -0.1) is 0 Å². The van der Waals surface area contributed by atoms with Crippen molar-refractivity contribution in [1.82, 2.24) is 4.90 Å². The molecule has 3 unspecified atom stereocenters. The monoisotopic (exact) mass is 266 g/mol. The van der Waals surface area contributed by atoms with Gasteiger partial charge < -0.3 is 5.73 Å². The molecule has 18 heavy (non-hydrogen) atoms. The third kappa shape index (κ3) is 3.05. The molecule has 0 aromatic heterocycles. The van der Waals surface area contributed by atoms with E-state index < -0.39 is 0 Å².